The van der Waals surface area contributed by atoms with E-state index < -0.39 is 23.6 Å². The average Bonchev–Trinajstić information content (AvgIpc) is 3.30. The zero-order chi connectivity index (χ0) is 31.7. The standard InChI is InChI=1S/C31H40N8O5/c1-5-6-16-33-28-37-25(32)24-26(38-28)39(29(41)36-24)17-20-12-14-22(15-13-20)34-27(40)23(19-44-31(2,3)4)35-30(42)43-18-21-10-8-7-9-11-21/h7-15,23H,5-6,16-19H2,1-4H3,(H,34,40)(H,35,42)(H,36,41)(H3,32,33,37,38)/t23-/m0/s1. The zero-order valence-corrected chi connectivity index (χ0v) is 25.5. The van der Waals surface area contributed by atoms with Gasteiger partial charge < -0.3 is 36.1 Å². The van der Waals surface area contributed by atoms with Gasteiger partial charge >= 0.3 is 11.8 Å². The summed E-state index contributed by atoms with van der Waals surface area (Å²) < 4.78 is 12.6. The zero-order valence-electron chi connectivity index (χ0n) is 25.5. The van der Waals surface area contributed by atoms with Crippen LogP contribution in [0.3, 0.4) is 0 Å². The Labute approximate surface area is 255 Å². The van der Waals surface area contributed by atoms with Gasteiger partial charge in [0.15, 0.2) is 11.5 Å². The molecular formula is C31H40N8O5. The molecule has 13 nitrogen and oxygen atoms in total. The molecule has 0 bridgehead atoms. The molecule has 0 aliphatic heterocycles. The lowest BCUT2D eigenvalue weighted by molar-refractivity contribution is -0.121. The van der Waals surface area contributed by atoms with E-state index in [4.69, 9.17) is 15.2 Å². The van der Waals surface area contributed by atoms with Crippen molar-refractivity contribution in [3.63, 3.8) is 0 Å². The van der Waals surface area contributed by atoms with Crippen LogP contribution in [0.4, 0.5) is 22.2 Å². The van der Waals surface area contributed by atoms with Crippen molar-refractivity contribution >= 4 is 40.6 Å². The summed E-state index contributed by atoms with van der Waals surface area (Å²) in [6, 6.07) is 15.2. The van der Waals surface area contributed by atoms with Crippen molar-refractivity contribution in [3.8, 4) is 0 Å². The second-order valence-electron chi connectivity index (χ2n) is 11.3. The number of hydrogen-bond acceptors (Lipinski definition) is 9. The molecule has 2 aromatic carbocycles. The monoisotopic (exact) mass is 604 g/mol. The molecule has 4 aromatic rings. The molecule has 0 spiro atoms. The fraction of sp³-hybridized carbons (Fsp3) is 0.387. The second-order valence-corrected chi connectivity index (χ2v) is 11.3. The van der Waals surface area contributed by atoms with Crippen molar-refractivity contribution in [2.75, 3.05) is 29.5 Å². The highest BCUT2D eigenvalue weighted by Crippen LogP contribution is 2.19. The fourth-order valence-electron chi connectivity index (χ4n) is 4.18. The fourth-order valence-corrected chi connectivity index (χ4v) is 4.18. The number of carbonyl (C=O) groups excluding carboxylic acids is 2. The van der Waals surface area contributed by atoms with Crippen molar-refractivity contribution < 1.29 is 19.1 Å². The Kier molecular flexibility index (Phi) is 10.6. The minimum absolute atomic E-state index is 0.0579. The molecule has 0 fully saturated rings. The number of unbranched alkanes of at least 4 members (excludes halogenated alkanes) is 1. The third-order valence-electron chi connectivity index (χ3n) is 6.53. The maximum Gasteiger partial charge on any atom is 0.408 e. The van der Waals surface area contributed by atoms with Crippen molar-refractivity contribution in [1.29, 1.82) is 0 Å². The van der Waals surface area contributed by atoms with E-state index in [9.17, 15) is 14.4 Å². The van der Waals surface area contributed by atoms with Crippen molar-refractivity contribution in [1.82, 2.24) is 24.8 Å². The first-order valence-corrected chi connectivity index (χ1v) is 14.5. The summed E-state index contributed by atoms with van der Waals surface area (Å²) in [5.74, 6) is 0.0732. The van der Waals surface area contributed by atoms with Gasteiger partial charge in [-0.25, -0.2) is 9.59 Å². The quantitative estimate of drug-likeness (QED) is 0.141. The first-order valence-electron chi connectivity index (χ1n) is 14.5. The SMILES string of the molecule is CCCCNc1nc(N)c2[nH]c(=O)n(Cc3ccc(NC(=O)[C@H](COC(C)(C)C)NC(=O)OCc4ccccc4)cc3)c2n1. The lowest BCUT2D eigenvalue weighted by atomic mass is 10.1. The lowest BCUT2D eigenvalue weighted by Gasteiger charge is -2.24. The molecule has 0 saturated heterocycles. The van der Waals surface area contributed by atoms with Crippen LogP contribution in [-0.4, -0.2) is 56.3 Å². The number of fused-ring (bicyclic) bond motifs is 1. The minimum atomic E-state index is -1.01. The smallest absolute Gasteiger partial charge is 0.408 e. The maximum absolute atomic E-state index is 13.2. The molecule has 2 heterocycles. The molecule has 4 rings (SSSR count). The number of H-pyrrole nitrogens is 1. The highest BCUT2D eigenvalue weighted by molar-refractivity contribution is 5.96. The molecule has 234 valence electrons. The van der Waals surface area contributed by atoms with Gasteiger partial charge in [0, 0.05) is 12.2 Å². The van der Waals surface area contributed by atoms with Crippen LogP contribution >= 0.6 is 0 Å². The molecule has 0 unspecified atom stereocenters. The topological polar surface area (TPSA) is 178 Å². The Hall–Kier alpha value is -4.91. The van der Waals surface area contributed by atoms with Crippen LogP contribution in [0.15, 0.2) is 59.4 Å². The molecule has 0 radical (unpaired) electrons. The average molecular weight is 605 g/mol. The Balaban J connectivity index is 1.42. The summed E-state index contributed by atoms with van der Waals surface area (Å²) in [7, 11) is 0. The van der Waals surface area contributed by atoms with Crippen LogP contribution < -0.4 is 27.4 Å². The first-order chi connectivity index (χ1) is 21.0. The molecule has 6 N–H and O–H groups in total. The predicted octanol–water partition coefficient (Wildman–Crippen LogP) is 4.01. The molecule has 2 amide bonds. The number of ether oxygens (including phenoxy) is 2. The van der Waals surface area contributed by atoms with Gasteiger partial charge in [-0.1, -0.05) is 55.8 Å². The summed E-state index contributed by atoms with van der Waals surface area (Å²) in [5, 5.41) is 8.56. The summed E-state index contributed by atoms with van der Waals surface area (Å²) in [4.78, 5) is 49.9. The van der Waals surface area contributed by atoms with Gasteiger partial charge in [0.25, 0.3) is 0 Å². The van der Waals surface area contributed by atoms with E-state index in [1.54, 1.807) is 24.3 Å². The van der Waals surface area contributed by atoms with Gasteiger partial charge in [0.2, 0.25) is 11.9 Å². The number of aromatic nitrogens is 4. The number of carbonyl (C=O) groups is 2. The molecule has 13 heteroatoms. The number of aromatic amines is 1. The van der Waals surface area contributed by atoms with Crippen LogP contribution in [0.25, 0.3) is 11.2 Å². The van der Waals surface area contributed by atoms with E-state index in [0.29, 0.717) is 29.3 Å². The summed E-state index contributed by atoms with van der Waals surface area (Å²) >= 11 is 0. The van der Waals surface area contributed by atoms with Crippen molar-refractivity contribution in [3.05, 3.63) is 76.2 Å². The second kappa shape index (κ2) is 14.5. The summed E-state index contributed by atoms with van der Waals surface area (Å²) in [5.41, 5.74) is 8.08. The molecule has 1 atom stereocenters. The van der Waals surface area contributed by atoms with Crippen LogP contribution in [-0.2, 0) is 27.4 Å². The predicted molar refractivity (Wildman–Crippen MR) is 169 cm³/mol. The number of nitrogens with zero attached hydrogens (tertiary/aromatic N) is 3. The van der Waals surface area contributed by atoms with Crippen molar-refractivity contribution in [2.45, 2.75) is 65.3 Å². The van der Waals surface area contributed by atoms with E-state index in [1.165, 1.54) is 4.57 Å². The van der Waals surface area contributed by atoms with E-state index in [-0.39, 0.29) is 31.3 Å². The third-order valence-corrected chi connectivity index (χ3v) is 6.53. The van der Waals surface area contributed by atoms with Gasteiger partial charge in [-0.3, -0.25) is 9.36 Å². The largest absolute Gasteiger partial charge is 0.445 e. The van der Waals surface area contributed by atoms with E-state index in [1.807, 2.05) is 51.1 Å². The van der Waals surface area contributed by atoms with Gasteiger partial charge in [0.05, 0.1) is 18.8 Å². The van der Waals surface area contributed by atoms with Crippen LogP contribution in [0.1, 0.15) is 51.7 Å². The minimum Gasteiger partial charge on any atom is -0.445 e. The van der Waals surface area contributed by atoms with Crippen LogP contribution in [0.2, 0.25) is 0 Å². The maximum atomic E-state index is 13.2. The number of nitrogens with one attached hydrogen (secondary N) is 4. The number of alkyl carbamates (subject to hydrolysis) is 1. The van der Waals surface area contributed by atoms with E-state index >= 15 is 0 Å². The van der Waals surface area contributed by atoms with Crippen molar-refractivity contribution in [2.24, 2.45) is 0 Å². The van der Waals surface area contributed by atoms with E-state index in [2.05, 4.69) is 37.8 Å². The number of benzene rings is 2. The number of amides is 2. The third kappa shape index (κ3) is 9.04. The van der Waals surface area contributed by atoms with Crippen LogP contribution in [0, 0.1) is 0 Å². The number of nitrogens with two attached hydrogens (primary N) is 1. The Morgan fingerprint density at radius 3 is 2.45 bits per heavy atom. The van der Waals surface area contributed by atoms with Gasteiger partial charge in [-0.2, -0.15) is 9.97 Å². The first kappa shape index (κ1) is 32.0. The number of hydrogen-bond donors (Lipinski definition) is 5. The van der Waals surface area contributed by atoms with Gasteiger partial charge in [0.1, 0.15) is 18.2 Å². The molecule has 0 aliphatic rings. The highest BCUT2D eigenvalue weighted by atomic mass is 16.5. The molecular weight excluding hydrogens is 564 g/mol. The molecule has 0 aliphatic carbocycles. The number of nitrogen functional groups attached to an aromatic ring is 1. The molecule has 2 aromatic heterocycles. The number of imidazole rings is 1. The summed E-state index contributed by atoms with van der Waals surface area (Å²) in [6.45, 7) is 8.58. The van der Waals surface area contributed by atoms with Gasteiger partial charge in [-0.15, -0.1) is 0 Å². The van der Waals surface area contributed by atoms with Gasteiger partial charge in [-0.05, 0) is 50.5 Å². The Bertz CT molecular complexity index is 1610. The van der Waals surface area contributed by atoms with Crippen LogP contribution in [0.5, 0.6) is 0 Å². The Morgan fingerprint density at radius 1 is 1.05 bits per heavy atom. The number of rotatable bonds is 13. The molecule has 44 heavy (non-hydrogen) atoms. The summed E-state index contributed by atoms with van der Waals surface area (Å²) in [6.07, 6.45) is 1.22. The number of anilines is 3. The highest BCUT2D eigenvalue weighted by Gasteiger charge is 2.25. The normalized spacial score (nSPS) is 12.1. The van der Waals surface area contributed by atoms with E-state index in [0.717, 1.165) is 24.0 Å². The lowest BCUT2D eigenvalue weighted by Crippen LogP contribution is -2.48. The Morgan fingerprint density at radius 2 is 1.77 bits per heavy atom. The molecule has 0 saturated carbocycles.